The molecular formula is C11H15N5O3. The molecule has 0 radical (unpaired) electrons. The second kappa shape index (κ2) is 3.86. The highest BCUT2D eigenvalue weighted by Crippen LogP contribution is 2.39. The van der Waals surface area contributed by atoms with Gasteiger partial charge in [0.2, 0.25) is 0 Å². The predicted octanol–water partition coefficient (Wildman–Crippen LogP) is -0.562. The van der Waals surface area contributed by atoms with Crippen LogP contribution < -0.4 is 5.73 Å². The zero-order chi connectivity index (χ0) is 13.8. The van der Waals surface area contributed by atoms with Crippen LogP contribution in [-0.4, -0.2) is 47.5 Å². The molecule has 2 aromatic rings. The molecule has 4 atom stereocenters. The smallest absolute Gasteiger partial charge is 0.168 e. The monoisotopic (exact) mass is 265 g/mol. The standard InChI is InChI=1S/C11H15N5O3/c1-5-7(17)11(2,18)10(19-5)16-4-15-6-8(12)13-3-14-9(6)16/h3-5,7,10,17-18H,1-2H3,(H2,12,13,14)/t5-,7-,10-,11-/m1/s1. The summed E-state index contributed by atoms with van der Waals surface area (Å²) in [5.41, 5.74) is 5.17. The summed E-state index contributed by atoms with van der Waals surface area (Å²) in [6.45, 7) is 3.21. The lowest BCUT2D eigenvalue weighted by molar-refractivity contribution is -0.0936. The molecule has 4 N–H and O–H groups in total. The molecule has 8 nitrogen and oxygen atoms in total. The SMILES string of the molecule is C[C@H]1O[C@@H](n2cnc3c(N)ncnc32)[C@](C)(O)[C@@H]1O. The lowest BCUT2D eigenvalue weighted by Gasteiger charge is -2.27. The second-order valence-electron chi connectivity index (χ2n) is 4.95. The molecule has 2 aromatic heterocycles. The Hall–Kier alpha value is -1.77. The van der Waals surface area contributed by atoms with Crippen molar-refractivity contribution < 1.29 is 14.9 Å². The van der Waals surface area contributed by atoms with Gasteiger partial charge in [0, 0.05) is 0 Å². The van der Waals surface area contributed by atoms with Gasteiger partial charge < -0.3 is 20.7 Å². The van der Waals surface area contributed by atoms with Crippen LogP contribution in [0.15, 0.2) is 12.7 Å². The number of anilines is 1. The average Bonchev–Trinajstić information content (AvgIpc) is 2.86. The molecule has 1 saturated heterocycles. The third-order valence-corrected chi connectivity index (χ3v) is 3.53. The zero-order valence-electron chi connectivity index (χ0n) is 10.6. The molecule has 1 aliphatic rings. The summed E-state index contributed by atoms with van der Waals surface area (Å²) < 4.78 is 7.16. The van der Waals surface area contributed by atoms with Gasteiger partial charge in [0.1, 0.15) is 23.5 Å². The summed E-state index contributed by atoms with van der Waals surface area (Å²) in [5.74, 6) is 0.259. The Morgan fingerprint density at radius 1 is 1.42 bits per heavy atom. The molecule has 0 spiro atoms. The quantitative estimate of drug-likeness (QED) is 0.632. The summed E-state index contributed by atoms with van der Waals surface area (Å²) in [5, 5.41) is 20.4. The van der Waals surface area contributed by atoms with Gasteiger partial charge in [-0.3, -0.25) is 4.57 Å². The molecular weight excluding hydrogens is 250 g/mol. The average molecular weight is 265 g/mol. The van der Waals surface area contributed by atoms with E-state index in [1.165, 1.54) is 19.6 Å². The molecule has 0 amide bonds. The Morgan fingerprint density at radius 2 is 2.16 bits per heavy atom. The maximum atomic E-state index is 10.4. The van der Waals surface area contributed by atoms with E-state index >= 15 is 0 Å². The van der Waals surface area contributed by atoms with Gasteiger partial charge in [-0.2, -0.15) is 0 Å². The maximum absolute atomic E-state index is 10.4. The van der Waals surface area contributed by atoms with E-state index in [0.717, 1.165) is 0 Å². The van der Waals surface area contributed by atoms with Gasteiger partial charge in [0.05, 0.1) is 12.4 Å². The van der Waals surface area contributed by atoms with Crippen molar-refractivity contribution >= 4 is 17.0 Å². The minimum atomic E-state index is -1.44. The fourth-order valence-electron chi connectivity index (χ4n) is 2.43. The Kier molecular flexibility index (Phi) is 2.49. The molecule has 3 heterocycles. The van der Waals surface area contributed by atoms with Crippen molar-refractivity contribution in [2.45, 2.75) is 37.9 Å². The van der Waals surface area contributed by atoms with Crippen molar-refractivity contribution in [3.63, 3.8) is 0 Å². The van der Waals surface area contributed by atoms with Gasteiger partial charge in [0.15, 0.2) is 17.7 Å². The van der Waals surface area contributed by atoms with Crippen molar-refractivity contribution in [1.29, 1.82) is 0 Å². The molecule has 0 unspecified atom stereocenters. The number of nitrogens with two attached hydrogens (primary N) is 1. The highest BCUT2D eigenvalue weighted by Gasteiger charge is 2.51. The molecule has 0 aliphatic carbocycles. The predicted molar refractivity (Wildman–Crippen MR) is 66.0 cm³/mol. The lowest BCUT2D eigenvalue weighted by Crippen LogP contribution is -2.43. The maximum Gasteiger partial charge on any atom is 0.168 e. The van der Waals surface area contributed by atoms with E-state index in [1.807, 2.05) is 0 Å². The van der Waals surface area contributed by atoms with Gasteiger partial charge in [-0.1, -0.05) is 0 Å². The fraction of sp³-hybridized carbons (Fsp3) is 0.545. The van der Waals surface area contributed by atoms with Crippen LogP contribution in [0.5, 0.6) is 0 Å². The number of imidazole rings is 1. The minimum Gasteiger partial charge on any atom is -0.387 e. The minimum absolute atomic E-state index is 0.259. The zero-order valence-corrected chi connectivity index (χ0v) is 10.6. The van der Waals surface area contributed by atoms with Crippen LogP contribution in [0.2, 0.25) is 0 Å². The van der Waals surface area contributed by atoms with E-state index in [2.05, 4.69) is 15.0 Å². The van der Waals surface area contributed by atoms with Crippen molar-refractivity contribution in [2.24, 2.45) is 0 Å². The van der Waals surface area contributed by atoms with Crippen LogP contribution in [-0.2, 0) is 4.74 Å². The summed E-state index contributed by atoms with van der Waals surface area (Å²) in [6, 6.07) is 0. The van der Waals surface area contributed by atoms with Crippen molar-refractivity contribution in [2.75, 3.05) is 5.73 Å². The molecule has 1 aliphatic heterocycles. The van der Waals surface area contributed by atoms with E-state index in [-0.39, 0.29) is 5.82 Å². The van der Waals surface area contributed by atoms with Crippen LogP contribution in [0.1, 0.15) is 20.1 Å². The van der Waals surface area contributed by atoms with Crippen LogP contribution in [0.25, 0.3) is 11.2 Å². The molecule has 0 saturated carbocycles. The van der Waals surface area contributed by atoms with Gasteiger partial charge in [0.25, 0.3) is 0 Å². The van der Waals surface area contributed by atoms with Crippen molar-refractivity contribution in [3.05, 3.63) is 12.7 Å². The number of rotatable bonds is 1. The van der Waals surface area contributed by atoms with E-state index in [9.17, 15) is 10.2 Å². The van der Waals surface area contributed by atoms with Crippen LogP contribution in [0.3, 0.4) is 0 Å². The summed E-state index contributed by atoms with van der Waals surface area (Å²) >= 11 is 0. The Morgan fingerprint density at radius 3 is 2.79 bits per heavy atom. The topological polar surface area (TPSA) is 119 Å². The molecule has 102 valence electrons. The first-order valence-electron chi connectivity index (χ1n) is 5.92. The number of ether oxygens (including phenoxy) is 1. The summed E-state index contributed by atoms with van der Waals surface area (Å²) in [4.78, 5) is 12.1. The molecule has 19 heavy (non-hydrogen) atoms. The van der Waals surface area contributed by atoms with Crippen molar-refractivity contribution in [1.82, 2.24) is 19.5 Å². The lowest BCUT2D eigenvalue weighted by atomic mass is 9.97. The number of hydrogen-bond donors (Lipinski definition) is 3. The van der Waals surface area contributed by atoms with Crippen LogP contribution in [0, 0.1) is 0 Å². The first kappa shape index (κ1) is 12.3. The van der Waals surface area contributed by atoms with Gasteiger partial charge in [-0.25, -0.2) is 15.0 Å². The highest BCUT2D eigenvalue weighted by molar-refractivity contribution is 5.81. The van der Waals surface area contributed by atoms with E-state index < -0.39 is 24.0 Å². The van der Waals surface area contributed by atoms with E-state index in [4.69, 9.17) is 10.5 Å². The van der Waals surface area contributed by atoms with Crippen LogP contribution >= 0.6 is 0 Å². The molecule has 0 bridgehead atoms. The van der Waals surface area contributed by atoms with Crippen LogP contribution in [0.4, 0.5) is 5.82 Å². The molecule has 8 heteroatoms. The van der Waals surface area contributed by atoms with E-state index in [0.29, 0.717) is 11.2 Å². The largest absolute Gasteiger partial charge is 0.387 e. The summed E-state index contributed by atoms with van der Waals surface area (Å²) in [6.07, 6.45) is 0.529. The number of fused-ring (bicyclic) bond motifs is 1. The third kappa shape index (κ3) is 1.61. The highest BCUT2D eigenvalue weighted by atomic mass is 16.6. The first-order chi connectivity index (χ1) is 8.93. The number of aromatic nitrogens is 4. The number of nitrogens with zero attached hydrogens (tertiary/aromatic N) is 4. The second-order valence-corrected chi connectivity index (χ2v) is 4.95. The Labute approximate surface area is 108 Å². The Bertz CT molecular complexity index is 626. The Balaban J connectivity index is 2.13. The number of hydrogen-bond acceptors (Lipinski definition) is 7. The number of aliphatic hydroxyl groups is 2. The van der Waals surface area contributed by atoms with Gasteiger partial charge in [-0.15, -0.1) is 0 Å². The number of nitrogen functional groups attached to an aromatic ring is 1. The van der Waals surface area contributed by atoms with E-state index in [1.54, 1.807) is 11.5 Å². The molecule has 3 rings (SSSR count). The van der Waals surface area contributed by atoms with Gasteiger partial charge in [-0.05, 0) is 13.8 Å². The normalized spacial score (nSPS) is 35.1. The summed E-state index contributed by atoms with van der Waals surface area (Å²) in [7, 11) is 0. The fourth-order valence-corrected chi connectivity index (χ4v) is 2.43. The third-order valence-electron chi connectivity index (χ3n) is 3.53. The molecule has 1 fully saturated rings. The van der Waals surface area contributed by atoms with Crippen molar-refractivity contribution in [3.8, 4) is 0 Å². The first-order valence-corrected chi connectivity index (χ1v) is 5.92. The van der Waals surface area contributed by atoms with Gasteiger partial charge >= 0.3 is 0 Å². The number of aliphatic hydroxyl groups excluding tert-OH is 1. The molecule has 0 aromatic carbocycles.